The molecule has 0 unspecified atom stereocenters. The summed E-state index contributed by atoms with van der Waals surface area (Å²) in [5.74, 6) is -0.0755. The van der Waals surface area contributed by atoms with Crippen molar-refractivity contribution in [1.82, 2.24) is 14.5 Å². The van der Waals surface area contributed by atoms with Gasteiger partial charge in [-0.25, -0.2) is 4.98 Å². The first-order valence-electron chi connectivity index (χ1n) is 9.84. The molecule has 0 saturated heterocycles. The van der Waals surface area contributed by atoms with Gasteiger partial charge in [-0.05, 0) is 37.1 Å². The maximum absolute atomic E-state index is 13.0. The molecule has 4 aromatic rings. The zero-order chi connectivity index (χ0) is 22.0. The van der Waals surface area contributed by atoms with Crippen LogP contribution in [0.1, 0.15) is 12.5 Å². The van der Waals surface area contributed by atoms with Gasteiger partial charge in [-0.15, -0.1) is 0 Å². The molecule has 0 saturated carbocycles. The number of H-pyrrole nitrogens is 1. The van der Waals surface area contributed by atoms with Gasteiger partial charge in [-0.3, -0.25) is 14.2 Å². The number of nitrogens with zero attached hydrogens (tertiary/aromatic N) is 2. The minimum Gasteiger partial charge on any atom is -0.355 e. The molecule has 2 heterocycles. The second-order valence-corrected chi connectivity index (χ2v) is 8.39. The van der Waals surface area contributed by atoms with Crippen molar-refractivity contribution in [2.45, 2.75) is 25.5 Å². The van der Waals surface area contributed by atoms with E-state index in [1.54, 1.807) is 16.8 Å². The first kappa shape index (κ1) is 21.2. The molecule has 8 heteroatoms. The summed E-state index contributed by atoms with van der Waals surface area (Å²) in [4.78, 5) is 33.3. The Balaban J connectivity index is 1.61. The Bertz CT molecular complexity index is 1310. The van der Waals surface area contributed by atoms with E-state index in [0.717, 1.165) is 16.7 Å². The zero-order valence-electron chi connectivity index (χ0n) is 17.1. The largest absolute Gasteiger partial charge is 0.355 e. The van der Waals surface area contributed by atoms with Crippen molar-refractivity contribution in [1.29, 1.82) is 0 Å². The first-order valence-corrected chi connectivity index (χ1v) is 11.2. The topological polar surface area (TPSA) is 79.8 Å². The first-order chi connectivity index (χ1) is 15.0. The molecule has 0 aliphatic carbocycles. The fourth-order valence-corrected chi connectivity index (χ4v) is 4.33. The van der Waals surface area contributed by atoms with Gasteiger partial charge in [-0.1, -0.05) is 59.8 Å². The summed E-state index contributed by atoms with van der Waals surface area (Å²) >= 11 is 7.37. The molecule has 2 aromatic carbocycles. The van der Waals surface area contributed by atoms with Crippen molar-refractivity contribution < 1.29 is 4.79 Å². The lowest BCUT2D eigenvalue weighted by Crippen LogP contribution is -2.23. The summed E-state index contributed by atoms with van der Waals surface area (Å²) in [5.41, 5.74) is 4.32. The Morgan fingerprint density at radius 2 is 2.00 bits per heavy atom. The molecule has 0 fully saturated rings. The third-order valence-electron chi connectivity index (χ3n) is 4.94. The van der Waals surface area contributed by atoms with E-state index in [2.05, 4.69) is 10.3 Å². The lowest BCUT2D eigenvalue weighted by molar-refractivity contribution is -0.113. The number of amides is 1. The molecule has 4 rings (SSSR count). The van der Waals surface area contributed by atoms with E-state index >= 15 is 0 Å². The molecule has 31 heavy (non-hydrogen) atoms. The summed E-state index contributed by atoms with van der Waals surface area (Å²) in [7, 11) is 0. The van der Waals surface area contributed by atoms with Gasteiger partial charge in [0.25, 0.3) is 5.56 Å². The van der Waals surface area contributed by atoms with Crippen molar-refractivity contribution in [3.63, 3.8) is 0 Å². The molecular weight excluding hydrogens is 432 g/mol. The Kier molecular flexibility index (Phi) is 6.15. The normalized spacial score (nSPS) is 11.1. The molecule has 6 nitrogen and oxygen atoms in total. The molecule has 0 bridgehead atoms. The smallest absolute Gasteiger partial charge is 0.278 e. The van der Waals surface area contributed by atoms with Crippen LogP contribution in [0.2, 0.25) is 5.02 Å². The SMILES string of the molecule is CCn1c(SCC(=O)Nc2ccc(C)c(Cl)c2)nc2c(-c3ccccc3)c[nH]c2c1=O. The summed E-state index contributed by atoms with van der Waals surface area (Å²) in [5, 5.41) is 3.94. The van der Waals surface area contributed by atoms with Crippen LogP contribution in [-0.2, 0) is 11.3 Å². The van der Waals surface area contributed by atoms with Crippen LogP contribution in [-0.4, -0.2) is 26.2 Å². The molecule has 0 atom stereocenters. The monoisotopic (exact) mass is 452 g/mol. The van der Waals surface area contributed by atoms with Crippen molar-refractivity contribution in [2.24, 2.45) is 0 Å². The van der Waals surface area contributed by atoms with Crippen LogP contribution in [0, 0.1) is 6.92 Å². The summed E-state index contributed by atoms with van der Waals surface area (Å²) in [6, 6.07) is 15.2. The summed E-state index contributed by atoms with van der Waals surface area (Å²) in [6.07, 6.45) is 1.80. The van der Waals surface area contributed by atoms with Crippen LogP contribution in [0.25, 0.3) is 22.2 Å². The highest BCUT2D eigenvalue weighted by atomic mass is 35.5. The zero-order valence-corrected chi connectivity index (χ0v) is 18.7. The van der Waals surface area contributed by atoms with Gasteiger partial charge in [0.15, 0.2) is 5.16 Å². The third-order valence-corrected chi connectivity index (χ3v) is 6.32. The molecule has 0 aliphatic heterocycles. The molecule has 0 spiro atoms. The number of thioether (sulfide) groups is 1. The van der Waals surface area contributed by atoms with E-state index in [4.69, 9.17) is 16.6 Å². The lowest BCUT2D eigenvalue weighted by Gasteiger charge is -2.11. The highest BCUT2D eigenvalue weighted by Crippen LogP contribution is 2.28. The predicted octanol–water partition coefficient (Wildman–Crippen LogP) is 5.10. The molecular formula is C23H21ClN4O2S. The van der Waals surface area contributed by atoms with Crippen molar-refractivity contribution in [2.75, 3.05) is 11.1 Å². The maximum Gasteiger partial charge on any atom is 0.278 e. The Morgan fingerprint density at radius 3 is 2.71 bits per heavy atom. The van der Waals surface area contributed by atoms with Crippen molar-refractivity contribution in [3.8, 4) is 11.1 Å². The lowest BCUT2D eigenvalue weighted by atomic mass is 10.1. The van der Waals surface area contributed by atoms with E-state index in [1.165, 1.54) is 11.8 Å². The quantitative estimate of drug-likeness (QED) is 0.315. The van der Waals surface area contributed by atoms with Gasteiger partial charge < -0.3 is 10.3 Å². The number of aryl methyl sites for hydroxylation is 1. The van der Waals surface area contributed by atoms with E-state index in [-0.39, 0.29) is 17.2 Å². The minimum atomic E-state index is -0.195. The Labute approximate surface area is 188 Å². The number of anilines is 1. The number of rotatable bonds is 6. The van der Waals surface area contributed by atoms with Gasteiger partial charge in [-0.2, -0.15) is 0 Å². The van der Waals surface area contributed by atoms with Gasteiger partial charge in [0.1, 0.15) is 11.0 Å². The van der Waals surface area contributed by atoms with Crippen LogP contribution < -0.4 is 10.9 Å². The molecule has 2 aromatic heterocycles. The second kappa shape index (κ2) is 8.99. The van der Waals surface area contributed by atoms with Crippen molar-refractivity contribution >= 4 is 46.0 Å². The third kappa shape index (κ3) is 4.38. The maximum atomic E-state index is 13.0. The van der Waals surface area contributed by atoms with E-state index in [0.29, 0.717) is 33.4 Å². The number of carbonyl (C=O) groups is 1. The van der Waals surface area contributed by atoms with E-state index < -0.39 is 0 Å². The number of fused-ring (bicyclic) bond motifs is 1. The number of carbonyl (C=O) groups excluding carboxylic acids is 1. The molecule has 2 N–H and O–H groups in total. The van der Waals surface area contributed by atoms with Crippen LogP contribution in [0.4, 0.5) is 5.69 Å². The van der Waals surface area contributed by atoms with Crippen LogP contribution in [0.5, 0.6) is 0 Å². The van der Waals surface area contributed by atoms with Gasteiger partial charge in [0, 0.05) is 29.0 Å². The predicted molar refractivity (Wildman–Crippen MR) is 127 cm³/mol. The van der Waals surface area contributed by atoms with Crippen LogP contribution in [0.3, 0.4) is 0 Å². The van der Waals surface area contributed by atoms with Crippen molar-refractivity contribution in [3.05, 3.63) is 75.7 Å². The van der Waals surface area contributed by atoms with E-state index in [9.17, 15) is 9.59 Å². The highest BCUT2D eigenvalue weighted by Gasteiger charge is 2.17. The molecule has 158 valence electrons. The summed E-state index contributed by atoms with van der Waals surface area (Å²) < 4.78 is 1.58. The number of nitrogens with one attached hydrogen (secondary N) is 2. The Hall–Kier alpha value is -3.03. The standard InChI is InChI=1S/C23H21ClN4O2S/c1-3-28-22(30)21-20(17(12-25-21)15-7-5-4-6-8-15)27-23(28)31-13-19(29)26-16-10-9-14(2)18(24)11-16/h4-12,25H,3,13H2,1-2H3,(H,26,29). The molecule has 0 radical (unpaired) electrons. The summed E-state index contributed by atoms with van der Waals surface area (Å²) in [6.45, 7) is 4.24. The molecule has 1 amide bonds. The highest BCUT2D eigenvalue weighted by molar-refractivity contribution is 7.99. The van der Waals surface area contributed by atoms with Gasteiger partial charge in [0.05, 0.1) is 5.75 Å². The number of hydrogen-bond acceptors (Lipinski definition) is 4. The molecule has 0 aliphatic rings. The number of aromatic nitrogens is 3. The Morgan fingerprint density at radius 1 is 1.23 bits per heavy atom. The van der Waals surface area contributed by atoms with Crippen LogP contribution in [0.15, 0.2) is 64.7 Å². The van der Waals surface area contributed by atoms with Gasteiger partial charge in [0.2, 0.25) is 5.91 Å². The fourth-order valence-electron chi connectivity index (χ4n) is 3.30. The van der Waals surface area contributed by atoms with E-state index in [1.807, 2.05) is 56.3 Å². The number of aromatic amines is 1. The number of benzene rings is 2. The minimum absolute atomic E-state index is 0.120. The fraction of sp³-hybridized carbons (Fsp3) is 0.174. The number of halogens is 1. The average molecular weight is 453 g/mol. The van der Waals surface area contributed by atoms with Gasteiger partial charge >= 0.3 is 0 Å². The second-order valence-electron chi connectivity index (χ2n) is 7.04. The number of hydrogen-bond donors (Lipinski definition) is 2. The van der Waals surface area contributed by atoms with Crippen LogP contribution >= 0.6 is 23.4 Å². The average Bonchev–Trinajstić information content (AvgIpc) is 3.20.